The predicted molar refractivity (Wildman–Crippen MR) is 67.4 cm³/mol. The third-order valence-electron chi connectivity index (χ3n) is 2.49. The number of ether oxygens (including phenoxy) is 1. The Hall–Kier alpha value is -2.31. The van der Waals surface area contributed by atoms with Crippen LogP contribution in [0.3, 0.4) is 0 Å². The van der Waals surface area contributed by atoms with Crippen molar-refractivity contribution in [2.45, 2.75) is 26.7 Å². The van der Waals surface area contributed by atoms with Crippen molar-refractivity contribution < 1.29 is 9.53 Å². The van der Waals surface area contributed by atoms with E-state index in [9.17, 15) is 4.79 Å². The molecule has 0 saturated carbocycles. The van der Waals surface area contributed by atoms with Crippen LogP contribution in [0.5, 0.6) is 0 Å². The molecular weight excluding hydrogens is 246 g/mol. The summed E-state index contributed by atoms with van der Waals surface area (Å²) in [6, 6.07) is 0. The van der Waals surface area contributed by atoms with Crippen LogP contribution in [0, 0.1) is 0 Å². The number of hydrogen-bond donors (Lipinski definition) is 1. The fraction of sp³-hybridized carbons (Fsp3) is 0.417. The first-order chi connectivity index (χ1) is 9.26. The summed E-state index contributed by atoms with van der Waals surface area (Å²) in [7, 11) is 0. The van der Waals surface area contributed by atoms with Gasteiger partial charge < -0.3 is 4.74 Å². The summed E-state index contributed by atoms with van der Waals surface area (Å²) in [5.41, 5.74) is 1.64. The van der Waals surface area contributed by atoms with E-state index in [0.29, 0.717) is 35.8 Å². The van der Waals surface area contributed by atoms with Crippen molar-refractivity contribution in [1.29, 1.82) is 0 Å². The number of esters is 1. The Morgan fingerprint density at radius 3 is 2.84 bits per heavy atom. The average Bonchev–Trinajstić information content (AvgIpc) is 2.93. The number of aromatic amines is 1. The maximum atomic E-state index is 11.8. The highest BCUT2D eigenvalue weighted by atomic mass is 16.5. The molecule has 0 aromatic carbocycles. The van der Waals surface area contributed by atoms with Crippen molar-refractivity contribution in [2.24, 2.45) is 0 Å². The standard InChI is InChI=1S/C12H15N5O2/c1-3-5-9-8(12(18)19-4-2)6-13-11(15-9)10-7-14-17-16-10/h6-7H,3-5H2,1-2H3,(H,14,16,17). The quantitative estimate of drug-likeness (QED) is 0.817. The Morgan fingerprint density at radius 1 is 1.37 bits per heavy atom. The molecule has 2 heterocycles. The van der Waals surface area contributed by atoms with Crippen LogP contribution in [0.2, 0.25) is 0 Å². The van der Waals surface area contributed by atoms with Gasteiger partial charge in [0.15, 0.2) is 5.82 Å². The Labute approximate surface area is 110 Å². The second kappa shape index (κ2) is 6.03. The first kappa shape index (κ1) is 13.1. The van der Waals surface area contributed by atoms with Gasteiger partial charge >= 0.3 is 5.97 Å². The lowest BCUT2D eigenvalue weighted by molar-refractivity contribution is 0.0524. The molecule has 7 heteroatoms. The van der Waals surface area contributed by atoms with Crippen LogP contribution in [-0.4, -0.2) is 38.0 Å². The second-order valence-corrected chi connectivity index (χ2v) is 3.88. The van der Waals surface area contributed by atoms with Crippen molar-refractivity contribution >= 4 is 5.97 Å². The number of H-pyrrole nitrogens is 1. The van der Waals surface area contributed by atoms with Crippen LogP contribution in [0.1, 0.15) is 36.3 Å². The van der Waals surface area contributed by atoms with E-state index in [1.807, 2.05) is 6.92 Å². The number of nitrogens with one attached hydrogen (secondary N) is 1. The van der Waals surface area contributed by atoms with E-state index in [1.54, 1.807) is 6.92 Å². The molecule has 0 saturated heterocycles. The number of hydrogen-bond acceptors (Lipinski definition) is 6. The Kier molecular flexibility index (Phi) is 4.17. The highest BCUT2D eigenvalue weighted by Gasteiger charge is 2.16. The van der Waals surface area contributed by atoms with Gasteiger partial charge in [-0.05, 0) is 13.3 Å². The molecule has 0 aliphatic heterocycles. The molecule has 100 valence electrons. The average molecular weight is 261 g/mol. The van der Waals surface area contributed by atoms with E-state index in [-0.39, 0.29) is 0 Å². The van der Waals surface area contributed by atoms with Crippen molar-refractivity contribution in [2.75, 3.05) is 6.61 Å². The van der Waals surface area contributed by atoms with Crippen LogP contribution in [0.4, 0.5) is 0 Å². The van der Waals surface area contributed by atoms with Crippen molar-refractivity contribution in [3.63, 3.8) is 0 Å². The number of aryl methyl sites for hydroxylation is 1. The third kappa shape index (κ3) is 2.93. The van der Waals surface area contributed by atoms with Crippen molar-refractivity contribution in [3.05, 3.63) is 23.7 Å². The second-order valence-electron chi connectivity index (χ2n) is 3.88. The molecule has 0 spiro atoms. The molecule has 19 heavy (non-hydrogen) atoms. The first-order valence-electron chi connectivity index (χ1n) is 6.15. The van der Waals surface area contributed by atoms with Gasteiger partial charge in [-0.25, -0.2) is 14.8 Å². The lowest BCUT2D eigenvalue weighted by atomic mass is 10.1. The largest absolute Gasteiger partial charge is 0.462 e. The molecule has 0 radical (unpaired) electrons. The van der Waals surface area contributed by atoms with Gasteiger partial charge in [0.25, 0.3) is 0 Å². The Bertz CT molecular complexity index is 553. The van der Waals surface area contributed by atoms with Crippen LogP contribution < -0.4 is 0 Å². The number of carbonyl (C=O) groups excluding carboxylic acids is 1. The van der Waals surface area contributed by atoms with Gasteiger partial charge in [0.1, 0.15) is 5.69 Å². The minimum atomic E-state index is -0.391. The highest BCUT2D eigenvalue weighted by Crippen LogP contribution is 2.15. The van der Waals surface area contributed by atoms with Crippen LogP contribution in [-0.2, 0) is 11.2 Å². The Morgan fingerprint density at radius 2 is 2.21 bits per heavy atom. The molecule has 2 rings (SSSR count). The molecule has 0 fully saturated rings. The van der Waals surface area contributed by atoms with Gasteiger partial charge in [0, 0.05) is 6.20 Å². The van der Waals surface area contributed by atoms with E-state index in [0.717, 1.165) is 6.42 Å². The van der Waals surface area contributed by atoms with Gasteiger partial charge in [-0.15, -0.1) is 0 Å². The molecular formula is C12H15N5O2. The van der Waals surface area contributed by atoms with E-state index >= 15 is 0 Å². The number of rotatable bonds is 5. The maximum absolute atomic E-state index is 11.8. The maximum Gasteiger partial charge on any atom is 0.341 e. The van der Waals surface area contributed by atoms with Crippen molar-refractivity contribution in [1.82, 2.24) is 25.4 Å². The minimum absolute atomic E-state index is 0.329. The SMILES string of the molecule is CCCc1nc(-c2cn[nH]n2)ncc1C(=O)OCC. The van der Waals surface area contributed by atoms with Crippen molar-refractivity contribution in [3.8, 4) is 11.5 Å². The van der Waals surface area contributed by atoms with Gasteiger partial charge in [-0.1, -0.05) is 13.3 Å². The highest BCUT2D eigenvalue weighted by molar-refractivity contribution is 5.90. The predicted octanol–water partition coefficient (Wildman–Crippen LogP) is 1.39. The fourth-order valence-corrected chi connectivity index (χ4v) is 1.66. The van der Waals surface area contributed by atoms with Crippen LogP contribution in [0.15, 0.2) is 12.4 Å². The lowest BCUT2D eigenvalue weighted by Gasteiger charge is -2.07. The molecule has 0 atom stereocenters. The van der Waals surface area contributed by atoms with Gasteiger partial charge in [-0.2, -0.15) is 15.4 Å². The summed E-state index contributed by atoms with van der Waals surface area (Å²) >= 11 is 0. The molecule has 2 aromatic rings. The molecule has 0 bridgehead atoms. The van der Waals surface area contributed by atoms with Gasteiger partial charge in [0.05, 0.1) is 24.1 Å². The van der Waals surface area contributed by atoms with E-state index in [2.05, 4.69) is 25.4 Å². The van der Waals surface area contributed by atoms with Crippen LogP contribution in [0.25, 0.3) is 11.5 Å². The van der Waals surface area contributed by atoms with Crippen LogP contribution >= 0.6 is 0 Å². The zero-order valence-corrected chi connectivity index (χ0v) is 10.9. The van der Waals surface area contributed by atoms with Gasteiger partial charge in [-0.3, -0.25) is 0 Å². The summed E-state index contributed by atoms with van der Waals surface area (Å²) in [6.45, 7) is 4.12. The molecule has 0 aliphatic rings. The molecule has 0 aliphatic carbocycles. The molecule has 7 nitrogen and oxygen atoms in total. The third-order valence-corrected chi connectivity index (χ3v) is 2.49. The smallest absolute Gasteiger partial charge is 0.341 e. The number of aromatic nitrogens is 5. The normalized spacial score (nSPS) is 10.4. The number of carbonyl (C=O) groups is 1. The first-order valence-corrected chi connectivity index (χ1v) is 6.15. The monoisotopic (exact) mass is 261 g/mol. The summed E-state index contributed by atoms with van der Waals surface area (Å²) in [5, 5.41) is 10.1. The summed E-state index contributed by atoms with van der Waals surface area (Å²) < 4.78 is 4.99. The Balaban J connectivity index is 2.37. The summed E-state index contributed by atoms with van der Waals surface area (Å²) in [5.74, 6) is 0.0582. The van der Waals surface area contributed by atoms with E-state index in [1.165, 1.54) is 12.4 Å². The molecule has 1 N–H and O–H groups in total. The topological polar surface area (TPSA) is 93.6 Å². The summed E-state index contributed by atoms with van der Waals surface area (Å²) in [6.07, 6.45) is 4.58. The van der Waals surface area contributed by atoms with Gasteiger partial charge in [0.2, 0.25) is 0 Å². The lowest BCUT2D eigenvalue weighted by Crippen LogP contribution is -2.11. The van der Waals surface area contributed by atoms with E-state index in [4.69, 9.17) is 4.74 Å². The minimum Gasteiger partial charge on any atom is -0.462 e. The molecule has 0 unspecified atom stereocenters. The molecule has 0 amide bonds. The zero-order valence-electron chi connectivity index (χ0n) is 10.9. The molecule has 2 aromatic heterocycles. The van der Waals surface area contributed by atoms with E-state index < -0.39 is 5.97 Å². The number of nitrogens with zero attached hydrogens (tertiary/aromatic N) is 4. The fourth-order valence-electron chi connectivity index (χ4n) is 1.66. The summed E-state index contributed by atoms with van der Waals surface area (Å²) in [4.78, 5) is 20.3. The zero-order chi connectivity index (χ0) is 13.7.